The Morgan fingerprint density at radius 1 is 1.14 bits per heavy atom. The fourth-order valence-electron chi connectivity index (χ4n) is 2.23. The van der Waals surface area contributed by atoms with Crippen LogP contribution in [0, 0.1) is 16.7 Å². The van der Waals surface area contributed by atoms with Crippen LogP contribution in [0.3, 0.4) is 0 Å². The number of hydrogen-bond donors (Lipinski definition) is 0. The van der Waals surface area contributed by atoms with Crippen LogP contribution in [0.15, 0.2) is 0 Å². The molecule has 1 heterocycles. The molecule has 2 atom stereocenters. The summed E-state index contributed by atoms with van der Waals surface area (Å²) in [6.07, 6.45) is 3.05. The first-order valence-corrected chi connectivity index (χ1v) is 5.82. The van der Waals surface area contributed by atoms with E-state index in [-0.39, 0.29) is 0 Å². The van der Waals surface area contributed by atoms with Crippen LogP contribution in [0.4, 0.5) is 0 Å². The summed E-state index contributed by atoms with van der Waals surface area (Å²) in [5.41, 5.74) is 0.787. The highest BCUT2D eigenvalue weighted by molar-refractivity contribution is 4.87. The molecule has 84 valence electrons. The van der Waals surface area contributed by atoms with Crippen molar-refractivity contribution >= 4 is 0 Å². The Hall–Kier alpha value is -0.0400. The van der Waals surface area contributed by atoms with Gasteiger partial charge in [0, 0.05) is 6.61 Å². The van der Waals surface area contributed by atoms with Gasteiger partial charge >= 0.3 is 0 Å². The Morgan fingerprint density at radius 2 is 1.64 bits per heavy atom. The van der Waals surface area contributed by atoms with Gasteiger partial charge in [-0.05, 0) is 29.6 Å². The van der Waals surface area contributed by atoms with E-state index in [9.17, 15) is 0 Å². The topological polar surface area (TPSA) is 9.23 Å². The van der Waals surface area contributed by atoms with Crippen molar-refractivity contribution in [2.45, 2.75) is 60.5 Å². The first-order chi connectivity index (χ1) is 6.20. The third-order valence-electron chi connectivity index (χ3n) is 3.13. The Bertz CT molecular complexity index is 178. The zero-order valence-electron chi connectivity index (χ0n) is 10.7. The summed E-state index contributed by atoms with van der Waals surface area (Å²) in [6.45, 7) is 15.0. The molecule has 0 saturated carbocycles. The molecule has 1 unspecified atom stereocenters. The van der Waals surface area contributed by atoms with Crippen molar-refractivity contribution in [1.29, 1.82) is 0 Å². The van der Waals surface area contributed by atoms with E-state index in [1.165, 1.54) is 12.8 Å². The number of hydrogen-bond acceptors (Lipinski definition) is 1. The first-order valence-electron chi connectivity index (χ1n) is 5.82. The predicted molar refractivity (Wildman–Crippen MR) is 61.4 cm³/mol. The van der Waals surface area contributed by atoms with E-state index >= 15 is 0 Å². The number of rotatable bonds is 2. The molecule has 0 aliphatic carbocycles. The van der Waals surface area contributed by atoms with Crippen LogP contribution >= 0.6 is 0 Å². The van der Waals surface area contributed by atoms with Gasteiger partial charge in [0.1, 0.15) is 0 Å². The molecule has 0 bridgehead atoms. The average molecular weight is 198 g/mol. The van der Waals surface area contributed by atoms with Gasteiger partial charge in [-0.15, -0.1) is 0 Å². The quantitative estimate of drug-likeness (QED) is 0.654. The third kappa shape index (κ3) is 3.27. The van der Waals surface area contributed by atoms with Crippen LogP contribution in [0.25, 0.3) is 0 Å². The van der Waals surface area contributed by atoms with E-state index in [4.69, 9.17) is 4.74 Å². The van der Waals surface area contributed by atoms with Gasteiger partial charge in [0.15, 0.2) is 0 Å². The van der Waals surface area contributed by atoms with Crippen molar-refractivity contribution in [3.8, 4) is 0 Å². The van der Waals surface area contributed by atoms with Crippen LogP contribution in [0.1, 0.15) is 54.4 Å². The van der Waals surface area contributed by atoms with Gasteiger partial charge in [-0.3, -0.25) is 0 Å². The molecule has 0 aromatic heterocycles. The van der Waals surface area contributed by atoms with Crippen molar-refractivity contribution in [2.24, 2.45) is 16.7 Å². The van der Waals surface area contributed by atoms with Gasteiger partial charge in [0.2, 0.25) is 0 Å². The van der Waals surface area contributed by atoms with Crippen LogP contribution in [0.2, 0.25) is 0 Å². The molecular formula is C13H26O. The lowest BCUT2D eigenvalue weighted by Crippen LogP contribution is -2.42. The van der Waals surface area contributed by atoms with Crippen LogP contribution < -0.4 is 0 Å². The summed E-state index contributed by atoms with van der Waals surface area (Å²) >= 11 is 0. The van der Waals surface area contributed by atoms with Gasteiger partial charge in [-0.25, -0.2) is 0 Å². The largest absolute Gasteiger partial charge is 0.378 e. The standard InChI is InChI=1S/C13H26O/c1-12(2,3)9-10(13(4,5)6)11-7-8-14-11/h10-11H,7-9H2,1-6H3/t10?,11-/m0/s1. The minimum Gasteiger partial charge on any atom is -0.378 e. The van der Waals surface area contributed by atoms with E-state index in [0.29, 0.717) is 22.9 Å². The zero-order valence-corrected chi connectivity index (χ0v) is 10.7. The summed E-state index contributed by atoms with van der Waals surface area (Å²) in [5.74, 6) is 0.705. The molecule has 0 spiro atoms. The van der Waals surface area contributed by atoms with E-state index in [1.54, 1.807) is 0 Å². The maximum Gasteiger partial charge on any atom is 0.0630 e. The summed E-state index contributed by atoms with van der Waals surface area (Å²) in [7, 11) is 0. The fourth-order valence-corrected chi connectivity index (χ4v) is 2.23. The Balaban J connectivity index is 2.62. The maximum absolute atomic E-state index is 5.67. The van der Waals surface area contributed by atoms with Crippen LogP contribution in [-0.4, -0.2) is 12.7 Å². The third-order valence-corrected chi connectivity index (χ3v) is 3.13. The van der Waals surface area contributed by atoms with Gasteiger partial charge in [-0.2, -0.15) is 0 Å². The lowest BCUT2D eigenvalue weighted by Gasteiger charge is -2.44. The van der Waals surface area contributed by atoms with Gasteiger partial charge in [-0.1, -0.05) is 41.5 Å². The first kappa shape index (κ1) is 12.0. The van der Waals surface area contributed by atoms with Crippen molar-refractivity contribution in [3.05, 3.63) is 0 Å². The number of ether oxygens (including phenoxy) is 1. The molecule has 1 nitrogen and oxygen atoms in total. The molecule has 1 fully saturated rings. The lowest BCUT2D eigenvalue weighted by atomic mass is 9.68. The van der Waals surface area contributed by atoms with E-state index in [1.807, 2.05) is 0 Å². The zero-order chi connectivity index (χ0) is 11.0. The Labute approximate surface area is 89.2 Å². The molecule has 1 saturated heterocycles. The average Bonchev–Trinajstić information content (AvgIpc) is 1.76. The molecule has 0 amide bonds. The molecule has 14 heavy (non-hydrogen) atoms. The SMILES string of the molecule is CC(C)(C)CC([C@@H]1CCO1)C(C)(C)C. The molecule has 0 N–H and O–H groups in total. The highest BCUT2D eigenvalue weighted by Crippen LogP contribution is 2.42. The second-order valence-corrected chi connectivity index (χ2v) is 6.94. The smallest absolute Gasteiger partial charge is 0.0630 e. The summed E-state index contributed by atoms with van der Waals surface area (Å²) in [4.78, 5) is 0. The van der Waals surface area contributed by atoms with Gasteiger partial charge in [0.25, 0.3) is 0 Å². The lowest BCUT2D eigenvalue weighted by molar-refractivity contribution is -0.119. The van der Waals surface area contributed by atoms with Crippen molar-refractivity contribution < 1.29 is 4.74 Å². The fraction of sp³-hybridized carbons (Fsp3) is 1.00. The van der Waals surface area contributed by atoms with Gasteiger partial charge in [0.05, 0.1) is 6.10 Å². The maximum atomic E-state index is 5.67. The second-order valence-electron chi connectivity index (χ2n) is 6.94. The van der Waals surface area contributed by atoms with Crippen molar-refractivity contribution in [3.63, 3.8) is 0 Å². The summed E-state index contributed by atoms with van der Waals surface area (Å²) in [5, 5.41) is 0. The molecule has 0 aromatic rings. The van der Waals surface area contributed by atoms with Crippen molar-refractivity contribution in [2.75, 3.05) is 6.61 Å². The van der Waals surface area contributed by atoms with E-state index < -0.39 is 0 Å². The molecule has 1 rings (SSSR count). The van der Waals surface area contributed by atoms with Gasteiger partial charge < -0.3 is 4.74 Å². The monoisotopic (exact) mass is 198 g/mol. The molecule has 1 heteroatoms. The second kappa shape index (κ2) is 3.84. The summed E-state index contributed by atoms with van der Waals surface area (Å²) < 4.78 is 5.67. The molecule has 1 aliphatic heterocycles. The highest BCUT2D eigenvalue weighted by atomic mass is 16.5. The Morgan fingerprint density at radius 3 is 1.86 bits per heavy atom. The predicted octanol–water partition coefficient (Wildman–Crippen LogP) is 3.87. The van der Waals surface area contributed by atoms with Crippen molar-refractivity contribution in [1.82, 2.24) is 0 Å². The normalized spacial score (nSPS) is 25.7. The molecular weight excluding hydrogens is 172 g/mol. The molecule has 0 aromatic carbocycles. The minimum atomic E-state index is 0.373. The van der Waals surface area contributed by atoms with E-state index in [2.05, 4.69) is 41.5 Å². The Kier molecular flexibility index (Phi) is 3.30. The van der Waals surface area contributed by atoms with E-state index in [0.717, 1.165) is 6.61 Å². The summed E-state index contributed by atoms with van der Waals surface area (Å²) in [6, 6.07) is 0. The van der Waals surface area contributed by atoms with Crippen LogP contribution in [0.5, 0.6) is 0 Å². The highest BCUT2D eigenvalue weighted by Gasteiger charge is 2.38. The minimum absolute atomic E-state index is 0.373. The van der Waals surface area contributed by atoms with Crippen LogP contribution in [-0.2, 0) is 4.74 Å². The molecule has 1 aliphatic rings. The molecule has 0 radical (unpaired) electrons.